The van der Waals surface area contributed by atoms with Gasteiger partial charge in [-0.3, -0.25) is 0 Å². The van der Waals surface area contributed by atoms with Crippen molar-refractivity contribution in [3.05, 3.63) is 237 Å². The summed E-state index contributed by atoms with van der Waals surface area (Å²) in [5.41, 5.74) is 13.8. The molecule has 0 aliphatic heterocycles. The predicted molar refractivity (Wildman–Crippen MR) is 296 cm³/mol. The minimum Gasteiger partial charge on any atom is -0.455 e. The standard InChI is InChI=1S/C65H39N7O/c1-5-21-40(22-6-1)58-45-29-13-17-33-50(45)66-64(67-58)43-37-38-53(49(39-43)65-69-62(41-23-7-2-8-24-41)68-63(70-65)42-25-9-3-10-26-42)72-52-35-19-14-30-46(52)55-56-48-32-16-20-36-54(48)73-61(56)57-47-31-15-18-34-51(47)71(60(57)59(55)72)44-27-11-4-12-28-44/h1-39H. The van der Waals surface area contributed by atoms with Crippen molar-refractivity contribution in [3.8, 4) is 68.2 Å². The Hall–Kier alpha value is -10.1. The van der Waals surface area contributed by atoms with E-state index in [2.05, 4.69) is 149 Å². The molecular weight excluding hydrogens is 895 g/mol. The average molecular weight is 934 g/mol. The lowest BCUT2D eigenvalue weighted by Crippen LogP contribution is -2.05. The van der Waals surface area contributed by atoms with Crippen LogP contribution in [0, 0.1) is 0 Å². The molecule has 15 aromatic rings. The summed E-state index contributed by atoms with van der Waals surface area (Å²) in [5.74, 6) is 2.23. The highest BCUT2D eigenvalue weighted by atomic mass is 16.3. The summed E-state index contributed by atoms with van der Waals surface area (Å²) in [6.07, 6.45) is 0. The van der Waals surface area contributed by atoms with Crippen LogP contribution >= 0.6 is 0 Å². The van der Waals surface area contributed by atoms with E-state index in [4.69, 9.17) is 29.3 Å². The first-order valence-electron chi connectivity index (χ1n) is 24.4. The molecule has 8 nitrogen and oxygen atoms in total. The van der Waals surface area contributed by atoms with E-state index < -0.39 is 0 Å². The zero-order chi connectivity index (χ0) is 48.0. The summed E-state index contributed by atoms with van der Waals surface area (Å²) < 4.78 is 11.9. The quantitative estimate of drug-likeness (QED) is 0.158. The van der Waals surface area contributed by atoms with E-state index in [-0.39, 0.29) is 0 Å². The highest BCUT2D eigenvalue weighted by Gasteiger charge is 2.29. The van der Waals surface area contributed by atoms with Gasteiger partial charge in [0.1, 0.15) is 11.2 Å². The van der Waals surface area contributed by atoms with Crippen molar-refractivity contribution in [1.29, 1.82) is 0 Å². The summed E-state index contributed by atoms with van der Waals surface area (Å²) in [6.45, 7) is 0. The molecule has 0 saturated carbocycles. The number of para-hydroxylation sites is 5. The molecule has 8 heteroatoms. The molecule has 0 bridgehead atoms. The van der Waals surface area contributed by atoms with Gasteiger partial charge in [0.25, 0.3) is 0 Å². The number of benzene rings is 10. The molecule has 5 heterocycles. The zero-order valence-corrected chi connectivity index (χ0v) is 39.1. The number of rotatable bonds is 7. The lowest BCUT2D eigenvalue weighted by atomic mass is 10.0. The minimum absolute atomic E-state index is 0.509. The average Bonchev–Trinajstić information content (AvgIpc) is 4.22. The van der Waals surface area contributed by atoms with Gasteiger partial charge in [0, 0.05) is 65.8 Å². The van der Waals surface area contributed by atoms with Gasteiger partial charge in [-0.25, -0.2) is 24.9 Å². The second-order valence-electron chi connectivity index (χ2n) is 18.3. The molecule has 0 fully saturated rings. The Morgan fingerprint density at radius 1 is 0.329 bits per heavy atom. The summed E-state index contributed by atoms with van der Waals surface area (Å²) in [4.78, 5) is 26.7. The number of fused-ring (bicyclic) bond motifs is 13. The van der Waals surface area contributed by atoms with E-state index in [1.807, 2.05) is 97.1 Å². The molecule has 0 saturated heterocycles. The Morgan fingerprint density at radius 3 is 1.52 bits per heavy atom. The Labute approximate surface area is 417 Å². The Bertz CT molecular complexity index is 4600. The van der Waals surface area contributed by atoms with Crippen molar-refractivity contribution in [2.45, 2.75) is 0 Å². The first kappa shape index (κ1) is 40.8. The van der Waals surface area contributed by atoms with Crippen molar-refractivity contribution in [2.24, 2.45) is 0 Å². The fraction of sp³-hybridized carbons (Fsp3) is 0. The van der Waals surface area contributed by atoms with Gasteiger partial charge in [0.15, 0.2) is 23.3 Å². The zero-order valence-electron chi connectivity index (χ0n) is 39.1. The summed E-state index contributed by atoms with van der Waals surface area (Å²) in [6, 6.07) is 81.8. The van der Waals surface area contributed by atoms with Crippen molar-refractivity contribution in [3.63, 3.8) is 0 Å². The molecule has 0 atom stereocenters. The van der Waals surface area contributed by atoms with Crippen LogP contribution in [0.5, 0.6) is 0 Å². The maximum Gasteiger partial charge on any atom is 0.166 e. The van der Waals surface area contributed by atoms with Crippen LogP contribution in [0.4, 0.5) is 0 Å². The number of aromatic nitrogens is 7. The lowest BCUT2D eigenvalue weighted by Gasteiger charge is -2.17. The van der Waals surface area contributed by atoms with Gasteiger partial charge < -0.3 is 13.6 Å². The van der Waals surface area contributed by atoms with Crippen LogP contribution in [0.1, 0.15) is 0 Å². The maximum atomic E-state index is 7.07. The maximum absolute atomic E-state index is 7.07. The van der Waals surface area contributed by atoms with E-state index in [0.29, 0.717) is 23.3 Å². The largest absolute Gasteiger partial charge is 0.455 e. The molecule has 0 radical (unpaired) electrons. The molecule has 5 aromatic heterocycles. The molecule has 0 spiro atoms. The van der Waals surface area contributed by atoms with Crippen LogP contribution in [0.25, 0.3) is 145 Å². The highest BCUT2D eigenvalue weighted by Crippen LogP contribution is 2.50. The molecule has 0 amide bonds. The third-order valence-electron chi connectivity index (χ3n) is 14.1. The van der Waals surface area contributed by atoms with Gasteiger partial charge >= 0.3 is 0 Å². The van der Waals surface area contributed by atoms with Crippen LogP contribution in [0.3, 0.4) is 0 Å². The Balaban J connectivity index is 1.13. The topological polar surface area (TPSA) is 87.5 Å². The van der Waals surface area contributed by atoms with Gasteiger partial charge in [-0.2, -0.15) is 0 Å². The van der Waals surface area contributed by atoms with E-state index >= 15 is 0 Å². The van der Waals surface area contributed by atoms with E-state index in [0.717, 1.165) is 121 Å². The van der Waals surface area contributed by atoms with Crippen molar-refractivity contribution >= 4 is 76.5 Å². The van der Waals surface area contributed by atoms with E-state index in [1.165, 1.54) is 0 Å². The minimum atomic E-state index is 0.509. The summed E-state index contributed by atoms with van der Waals surface area (Å²) >= 11 is 0. The highest BCUT2D eigenvalue weighted by molar-refractivity contribution is 6.39. The first-order chi connectivity index (χ1) is 36.2. The normalized spacial score (nSPS) is 11.8. The molecule has 0 aliphatic carbocycles. The van der Waals surface area contributed by atoms with Gasteiger partial charge in [-0.15, -0.1) is 0 Å². The Morgan fingerprint density at radius 2 is 0.836 bits per heavy atom. The molecule has 0 unspecified atom stereocenters. The van der Waals surface area contributed by atoms with E-state index in [1.54, 1.807) is 0 Å². The van der Waals surface area contributed by atoms with Gasteiger partial charge in [-0.1, -0.05) is 182 Å². The van der Waals surface area contributed by atoms with Crippen LogP contribution in [-0.2, 0) is 0 Å². The van der Waals surface area contributed by atoms with Crippen LogP contribution < -0.4 is 0 Å². The number of hydrogen-bond acceptors (Lipinski definition) is 6. The third-order valence-corrected chi connectivity index (χ3v) is 14.1. The van der Waals surface area contributed by atoms with Gasteiger partial charge in [0.2, 0.25) is 0 Å². The van der Waals surface area contributed by atoms with Crippen molar-refractivity contribution < 1.29 is 4.42 Å². The molecule has 15 rings (SSSR count). The second-order valence-corrected chi connectivity index (χ2v) is 18.3. The van der Waals surface area contributed by atoms with E-state index in [9.17, 15) is 0 Å². The molecule has 0 aliphatic rings. The monoisotopic (exact) mass is 933 g/mol. The van der Waals surface area contributed by atoms with Crippen molar-refractivity contribution in [1.82, 2.24) is 34.1 Å². The Kier molecular flexibility index (Phi) is 9.09. The van der Waals surface area contributed by atoms with Crippen molar-refractivity contribution in [2.75, 3.05) is 0 Å². The summed E-state index contributed by atoms with van der Waals surface area (Å²) in [7, 11) is 0. The fourth-order valence-electron chi connectivity index (χ4n) is 11.0. The number of furan rings is 1. The van der Waals surface area contributed by atoms with Gasteiger partial charge in [-0.05, 0) is 54.6 Å². The van der Waals surface area contributed by atoms with Gasteiger partial charge in [0.05, 0.1) is 44.4 Å². The molecule has 73 heavy (non-hydrogen) atoms. The predicted octanol–water partition coefficient (Wildman–Crippen LogP) is 16.2. The SMILES string of the molecule is c1ccc(-c2nc(-c3ccccc3)nc(-c3cc(-c4nc(-c5ccccc5)c5ccccc5n4)ccc3-n3c4ccccc4c4c5c6ccccc6oc5c5c6ccccc6n(-c6ccccc6)c5c43)n2)cc1. The molecule has 0 N–H and O–H groups in total. The molecule has 340 valence electrons. The second kappa shape index (κ2) is 16.3. The number of hydrogen-bond donors (Lipinski definition) is 0. The lowest BCUT2D eigenvalue weighted by molar-refractivity contribution is 0.673. The summed E-state index contributed by atoms with van der Waals surface area (Å²) in [5, 5.41) is 7.42. The molecular formula is C65H39N7O. The van der Waals surface area contributed by atoms with Crippen LogP contribution in [0.15, 0.2) is 241 Å². The molecule has 10 aromatic carbocycles. The smallest absolute Gasteiger partial charge is 0.166 e. The van der Waals surface area contributed by atoms with Crippen LogP contribution in [0.2, 0.25) is 0 Å². The fourth-order valence-corrected chi connectivity index (χ4v) is 11.0. The first-order valence-corrected chi connectivity index (χ1v) is 24.4. The van der Waals surface area contributed by atoms with Crippen LogP contribution in [-0.4, -0.2) is 34.1 Å². The third kappa shape index (κ3) is 6.37. The number of nitrogens with zero attached hydrogens (tertiary/aromatic N) is 7.